The van der Waals surface area contributed by atoms with Gasteiger partial charge in [0.05, 0.1) is 24.9 Å². The molecule has 5 rings (SSSR count). The summed E-state index contributed by atoms with van der Waals surface area (Å²) in [6.07, 6.45) is 4.35. The minimum Gasteiger partial charge on any atom is -0.392 e. The van der Waals surface area contributed by atoms with E-state index in [4.69, 9.17) is 4.74 Å². The van der Waals surface area contributed by atoms with E-state index in [1.54, 1.807) is 26.8 Å². The number of nitrogens with zero attached hydrogens (tertiary/aromatic N) is 1. The summed E-state index contributed by atoms with van der Waals surface area (Å²) < 4.78 is 23.3. The van der Waals surface area contributed by atoms with Crippen molar-refractivity contribution in [1.82, 2.24) is 5.06 Å². The third-order valence-electron chi connectivity index (χ3n) is 10.6. The van der Waals surface area contributed by atoms with E-state index in [1.807, 2.05) is 13.8 Å². The van der Waals surface area contributed by atoms with Gasteiger partial charge in [0, 0.05) is 16.7 Å². The Morgan fingerprint density at radius 2 is 1.91 bits per heavy atom. The average Bonchev–Trinajstić information content (AvgIpc) is 3.13. The highest BCUT2D eigenvalue weighted by Gasteiger charge is 2.80. The van der Waals surface area contributed by atoms with E-state index in [0.29, 0.717) is 29.9 Å². The summed E-state index contributed by atoms with van der Waals surface area (Å²) in [6.45, 7) is 8.13. The highest BCUT2D eigenvalue weighted by molar-refractivity contribution is 6.01. The van der Waals surface area contributed by atoms with Gasteiger partial charge in [-0.25, -0.2) is 4.39 Å². The van der Waals surface area contributed by atoms with E-state index < -0.39 is 57.9 Å². The molecule has 7 nitrogen and oxygen atoms in total. The molecule has 8 heteroatoms. The highest BCUT2D eigenvalue weighted by Crippen LogP contribution is 2.73. The third-order valence-corrected chi connectivity index (χ3v) is 10.6. The van der Waals surface area contributed by atoms with Gasteiger partial charge in [0.15, 0.2) is 17.2 Å². The summed E-state index contributed by atoms with van der Waals surface area (Å²) in [5.41, 5.74) is -8.21. The standard InChI is InChI=1S/C26H37FNO6/c1-15-10-19-18-7-6-16-11-17(30)8-9-22(16,4)25(18,27)20(31)12-23(19,5)26(15,32)24(13-29)28(33)21(2,3)14-34-24/h8-9,11,15,18-20,29,31-32H,6-7,10,12-14H2,1-5H3/t15-,18?,19?,20-,22-,23-,24?,25-,26+/m0/s1. The van der Waals surface area contributed by atoms with Gasteiger partial charge in [-0.2, -0.15) is 0 Å². The van der Waals surface area contributed by atoms with E-state index in [-0.39, 0.29) is 24.7 Å². The summed E-state index contributed by atoms with van der Waals surface area (Å²) >= 11 is 0. The van der Waals surface area contributed by atoms with Crippen molar-refractivity contribution in [3.8, 4) is 0 Å². The van der Waals surface area contributed by atoms with Crippen LogP contribution in [0.25, 0.3) is 0 Å². The summed E-state index contributed by atoms with van der Waals surface area (Å²) in [6, 6.07) is 0. The molecule has 0 bridgehead atoms. The number of rotatable bonds is 2. The van der Waals surface area contributed by atoms with Crippen LogP contribution in [0.2, 0.25) is 0 Å². The van der Waals surface area contributed by atoms with Gasteiger partial charge in [0.2, 0.25) is 0 Å². The van der Waals surface area contributed by atoms with Gasteiger partial charge in [-0.1, -0.05) is 25.5 Å². The van der Waals surface area contributed by atoms with Gasteiger partial charge in [-0.05, 0) is 70.4 Å². The molecular weight excluding hydrogens is 441 g/mol. The fourth-order valence-corrected chi connectivity index (χ4v) is 8.78. The fraction of sp³-hybridized carbons (Fsp3) is 0.808. The number of aliphatic hydroxyl groups excluding tert-OH is 2. The van der Waals surface area contributed by atoms with Crippen LogP contribution >= 0.6 is 0 Å². The van der Waals surface area contributed by atoms with Gasteiger partial charge in [-0.15, -0.1) is 10.3 Å². The van der Waals surface area contributed by atoms with Gasteiger partial charge in [0.25, 0.3) is 0 Å². The zero-order valence-electron chi connectivity index (χ0n) is 20.7. The van der Waals surface area contributed by atoms with Crippen LogP contribution in [0.5, 0.6) is 0 Å². The Balaban J connectivity index is 1.63. The molecule has 189 valence electrons. The number of hydrogen-bond donors (Lipinski definition) is 3. The van der Waals surface area contributed by atoms with Crippen LogP contribution in [0, 0.1) is 28.6 Å². The van der Waals surface area contributed by atoms with Crippen molar-refractivity contribution in [2.75, 3.05) is 13.2 Å². The molecule has 4 aliphatic carbocycles. The maximum absolute atomic E-state index is 17.3. The molecule has 0 aromatic rings. The highest BCUT2D eigenvalue weighted by atomic mass is 19.1. The number of ether oxygens (including phenoxy) is 1. The number of halogens is 1. The Morgan fingerprint density at radius 3 is 2.50 bits per heavy atom. The first kappa shape index (κ1) is 24.5. The molecule has 3 saturated carbocycles. The first-order valence-electron chi connectivity index (χ1n) is 12.4. The molecule has 0 amide bonds. The molecule has 0 spiro atoms. The average molecular weight is 479 g/mol. The number of alkyl halides is 1. The second-order valence-electron chi connectivity index (χ2n) is 12.5. The predicted molar refractivity (Wildman–Crippen MR) is 120 cm³/mol. The fourth-order valence-electron chi connectivity index (χ4n) is 8.78. The topological polar surface area (TPSA) is 110 Å². The van der Waals surface area contributed by atoms with Crippen molar-refractivity contribution in [3.63, 3.8) is 0 Å². The Hall–Kier alpha value is -1.16. The van der Waals surface area contributed by atoms with Crippen LogP contribution in [0.3, 0.4) is 0 Å². The van der Waals surface area contributed by atoms with Crippen LogP contribution in [0.4, 0.5) is 4.39 Å². The maximum atomic E-state index is 17.3. The second-order valence-corrected chi connectivity index (χ2v) is 12.5. The van der Waals surface area contributed by atoms with Crippen molar-refractivity contribution in [3.05, 3.63) is 23.8 Å². The van der Waals surface area contributed by atoms with E-state index in [9.17, 15) is 25.3 Å². The number of hydrogen-bond acceptors (Lipinski definition) is 6. The molecule has 5 aliphatic rings. The number of aliphatic hydroxyl groups is 3. The molecule has 1 heterocycles. The van der Waals surface area contributed by atoms with E-state index >= 15 is 4.39 Å². The zero-order chi connectivity index (χ0) is 25.1. The lowest BCUT2D eigenvalue weighted by Crippen LogP contribution is -2.75. The van der Waals surface area contributed by atoms with Crippen LogP contribution in [0.15, 0.2) is 23.8 Å². The van der Waals surface area contributed by atoms with E-state index in [1.165, 1.54) is 12.2 Å². The summed E-state index contributed by atoms with van der Waals surface area (Å²) in [7, 11) is 0. The summed E-state index contributed by atoms with van der Waals surface area (Å²) in [5.74, 6) is -1.60. The number of carbonyl (C=O) groups excluding carboxylic acids is 1. The lowest BCUT2D eigenvalue weighted by Gasteiger charge is -2.64. The van der Waals surface area contributed by atoms with E-state index in [2.05, 4.69) is 0 Å². The normalized spacial score (nSPS) is 54.4. The lowest BCUT2D eigenvalue weighted by molar-refractivity contribution is -0.381. The molecule has 0 aromatic carbocycles. The molecule has 9 atom stereocenters. The Labute approximate surface area is 200 Å². The van der Waals surface area contributed by atoms with Crippen molar-refractivity contribution < 1.29 is 34.4 Å². The molecule has 1 aliphatic heterocycles. The van der Waals surface area contributed by atoms with Crippen molar-refractivity contribution in [2.45, 2.75) is 88.9 Å². The molecular formula is C26H37FNO6. The zero-order valence-corrected chi connectivity index (χ0v) is 20.7. The molecule has 34 heavy (non-hydrogen) atoms. The molecule has 0 aromatic heterocycles. The minimum atomic E-state index is -2.03. The van der Waals surface area contributed by atoms with Crippen LogP contribution in [-0.4, -0.2) is 68.0 Å². The van der Waals surface area contributed by atoms with Gasteiger partial charge in [0.1, 0.15) is 5.60 Å². The third kappa shape index (κ3) is 2.45. The first-order valence-corrected chi connectivity index (χ1v) is 12.4. The van der Waals surface area contributed by atoms with Crippen molar-refractivity contribution in [1.29, 1.82) is 0 Å². The monoisotopic (exact) mass is 478 g/mol. The largest absolute Gasteiger partial charge is 0.392 e. The Morgan fingerprint density at radius 1 is 1.24 bits per heavy atom. The Kier molecular flexibility index (Phi) is 5.04. The number of carbonyl (C=O) groups is 1. The van der Waals surface area contributed by atoms with Gasteiger partial charge in [-0.3, -0.25) is 4.79 Å². The summed E-state index contributed by atoms with van der Waals surface area (Å²) in [4.78, 5) is 12.0. The SMILES string of the molecule is C[C@H]1CC2C3CCC4=CC(=O)C=C[C@]4(C)[C@@]3(F)[C@@H](O)C[C@]2(C)[C@@]1(O)C1(CO)OCC(C)(C)N1[O]. The Bertz CT molecular complexity index is 982. The van der Waals surface area contributed by atoms with Crippen molar-refractivity contribution >= 4 is 5.78 Å². The van der Waals surface area contributed by atoms with Crippen molar-refractivity contribution in [2.24, 2.45) is 28.6 Å². The molecule has 1 saturated heterocycles. The number of fused-ring (bicyclic) bond motifs is 5. The number of ketones is 1. The number of allylic oxidation sites excluding steroid dienone is 4. The van der Waals surface area contributed by atoms with Gasteiger partial charge < -0.3 is 20.1 Å². The lowest BCUT2D eigenvalue weighted by atomic mass is 9.44. The summed E-state index contributed by atoms with van der Waals surface area (Å²) in [5, 5.41) is 48.7. The quantitative estimate of drug-likeness (QED) is 0.563. The first-order chi connectivity index (χ1) is 15.7. The van der Waals surface area contributed by atoms with Crippen LogP contribution in [0.1, 0.15) is 60.3 Å². The van der Waals surface area contributed by atoms with E-state index in [0.717, 1.165) is 0 Å². The molecule has 3 unspecified atom stereocenters. The molecule has 4 fully saturated rings. The molecule has 3 N–H and O–H groups in total. The molecule has 1 radical (unpaired) electrons. The number of hydroxylamine groups is 2. The predicted octanol–water partition coefficient (Wildman–Crippen LogP) is 2.48. The second kappa shape index (κ2) is 6.99. The van der Waals surface area contributed by atoms with Crippen LogP contribution < -0.4 is 0 Å². The minimum absolute atomic E-state index is 0.0386. The maximum Gasteiger partial charge on any atom is 0.199 e. The van der Waals surface area contributed by atoms with Crippen LogP contribution in [-0.2, 0) is 14.7 Å². The van der Waals surface area contributed by atoms with Gasteiger partial charge >= 0.3 is 0 Å². The smallest absolute Gasteiger partial charge is 0.199 e.